The van der Waals surface area contributed by atoms with Crippen LogP contribution in [0.1, 0.15) is 19.2 Å². The van der Waals surface area contributed by atoms with Crippen molar-refractivity contribution in [1.82, 2.24) is 19.6 Å². The van der Waals surface area contributed by atoms with Crippen molar-refractivity contribution in [3.8, 4) is 0 Å². The smallest absolute Gasteiger partial charge is 0.240 e. The molecule has 0 spiro atoms. The first-order chi connectivity index (χ1) is 23.7. The number of hydrogen-bond acceptors (Lipinski definition) is 8. The minimum Gasteiger partial charge on any atom is -0.399 e. The van der Waals surface area contributed by atoms with Gasteiger partial charge in [0.05, 0.1) is 15.8 Å². The molecule has 2 aliphatic heterocycles. The van der Waals surface area contributed by atoms with E-state index in [1.165, 1.54) is 58.3 Å². The van der Waals surface area contributed by atoms with Crippen molar-refractivity contribution in [3.63, 3.8) is 0 Å². The topological polar surface area (TPSA) is 106 Å². The molecule has 0 aromatic heterocycles. The summed E-state index contributed by atoms with van der Waals surface area (Å²) in [7, 11) is 0. The third-order valence-electron chi connectivity index (χ3n) is 6.02. The average Bonchev–Trinajstić information content (AvgIpc) is 3.01. The Hall–Kier alpha value is -3.18. The first kappa shape index (κ1) is 15.4. The maximum absolute atomic E-state index is 12.9. The second kappa shape index (κ2) is 14.1. The number of amides is 2. The van der Waals surface area contributed by atoms with Crippen molar-refractivity contribution in [3.05, 3.63) is 48.5 Å². The van der Waals surface area contributed by atoms with Gasteiger partial charge in [0.15, 0.2) is 0 Å². The number of carbonyl (C=O) groups excluding carboxylic acids is 2. The summed E-state index contributed by atoms with van der Waals surface area (Å²) in [5, 5.41) is 0. The molecule has 2 saturated heterocycles. The van der Waals surface area contributed by atoms with Crippen molar-refractivity contribution in [2.24, 2.45) is 0 Å². The number of anilines is 4. The van der Waals surface area contributed by atoms with Crippen molar-refractivity contribution >= 4 is 34.6 Å². The molecule has 0 radical (unpaired) electrons. The van der Waals surface area contributed by atoms with E-state index in [0.29, 0.717) is 42.5 Å². The Morgan fingerprint density at radius 1 is 0.711 bits per heavy atom. The highest BCUT2D eigenvalue weighted by Crippen LogP contribution is 2.16. The van der Waals surface area contributed by atoms with E-state index in [1.807, 2.05) is 0 Å². The molecule has 10 nitrogen and oxygen atoms in total. The van der Waals surface area contributed by atoms with Gasteiger partial charge in [-0.2, -0.15) is 0 Å². The van der Waals surface area contributed by atoms with Gasteiger partial charge in [0, 0.05) is 106 Å². The fourth-order valence-electron chi connectivity index (χ4n) is 3.68. The SMILES string of the molecule is [2H]C([2H])([2H])N1CCN(C([2H])([2H])C(=O)N(c2ccc(N)cc2)C([2H])([2H])[2H])CC1.[2H]C([2H])([2H])N1CCN(CC(=O)N(c2ccc(N)cc2)C([2H])([2H])[2H])CC1. The Morgan fingerprint density at radius 2 is 1.13 bits per heavy atom. The molecular formula is C28H44N8O2. The van der Waals surface area contributed by atoms with Gasteiger partial charge in [-0.25, -0.2) is 0 Å². The first-order valence-corrected chi connectivity index (χ1v) is 12.1. The van der Waals surface area contributed by atoms with Crippen LogP contribution in [0, 0.1) is 0 Å². The molecule has 2 amide bonds. The highest BCUT2D eigenvalue weighted by Gasteiger charge is 2.20. The molecule has 0 aliphatic carbocycles. The third kappa shape index (κ3) is 8.98. The predicted molar refractivity (Wildman–Crippen MR) is 156 cm³/mol. The molecule has 0 saturated carbocycles. The Labute approximate surface area is 247 Å². The fourth-order valence-corrected chi connectivity index (χ4v) is 3.68. The number of carbonyl (C=O) groups is 2. The van der Waals surface area contributed by atoms with Crippen molar-refractivity contribution in [2.75, 3.05) is 115 Å². The van der Waals surface area contributed by atoms with Gasteiger partial charge in [-0.15, -0.1) is 0 Å². The summed E-state index contributed by atoms with van der Waals surface area (Å²) in [6, 6.07) is 11.6. The zero-order valence-electron chi connectivity index (χ0n) is 35.1. The summed E-state index contributed by atoms with van der Waals surface area (Å²) in [6.07, 6.45) is 0. The van der Waals surface area contributed by atoms with Gasteiger partial charge < -0.3 is 31.1 Å². The van der Waals surface area contributed by atoms with Crippen molar-refractivity contribution < 1.29 is 28.8 Å². The first-order valence-electron chi connectivity index (χ1n) is 19.1. The van der Waals surface area contributed by atoms with E-state index < -0.39 is 46.2 Å². The van der Waals surface area contributed by atoms with Crippen molar-refractivity contribution in [1.29, 1.82) is 0 Å². The monoisotopic (exact) mass is 538 g/mol. The van der Waals surface area contributed by atoms with Gasteiger partial charge in [-0.05, 0) is 62.5 Å². The largest absolute Gasteiger partial charge is 0.399 e. The van der Waals surface area contributed by atoms with Gasteiger partial charge >= 0.3 is 0 Å². The molecule has 0 bridgehead atoms. The minimum atomic E-state index is -2.90. The lowest BCUT2D eigenvalue weighted by Gasteiger charge is -2.32. The zero-order chi connectivity index (χ0) is 39.4. The van der Waals surface area contributed by atoms with Gasteiger partial charge in [0.1, 0.15) is 0 Å². The molecule has 2 heterocycles. The highest BCUT2D eigenvalue weighted by atomic mass is 16.2. The van der Waals surface area contributed by atoms with Crippen LogP contribution in [0.4, 0.5) is 22.7 Å². The van der Waals surface area contributed by atoms with E-state index in [9.17, 15) is 9.59 Å². The van der Waals surface area contributed by atoms with E-state index in [-0.39, 0.29) is 44.1 Å². The molecule has 4 rings (SSSR count). The van der Waals surface area contributed by atoms with Gasteiger partial charge in [0.25, 0.3) is 0 Å². The molecule has 4 N–H and O–H groups in total. The van der Waals surface area contributed by atoms with Crippen LogP contribution < -0.4 is 21.3 Å². The fraction of sp³-hybridized carbons (Fsp3) is 0.500. The van der Waals surface area contributed by atoms with Crippen LogP contribution in [0.2, 0.25) is 0 Å². The molecule has 38 heavy (non-hydrogen) atoms. The molecular weight excluding hydrogens is 480 g/mol. The Balaban J connectivity index is 0.000000281. The van der Waals surface area contributed by atoms with Gasteiger partial charge in [-0.1, -0.05) is 0 Å². The number of nitrogens with zero attached hydrogens (tertiary/aromatic N) is 6. The van der Waals surface area contributed by atoms with Crippen LogP contribution in [0.3, 0.4) is 0 Å². The third-order valence-corrected chi connectivity index (χ3v) is 6.02. The van der Waals surface area contributed by atoms with Gasteiger partial charge in [0.2, 0.25) is 11.8 Å². The maximum Gasteiger partial charge on any atom is 0.240 e. The molecule has 2 aromatic carbocycles. The number of nitrogens with two attached hydrogens (primary N) is 2. The summed E-state index contributed by atoms with van der Waals surface area (Å²) in [5.74, 6) is -1.80. The molecule has 0 atom stereocenters. The zero-order valence-corrected chi connectivity index (χ0v) is 21.1. The van der Waals surface area contributed by atoms with E-state index in [4.69, 9.17) is 30.7 Å². The second-order valence-electron chi connectivity index (χ2n) is 8.90. The second-order valence-corrected chi connectivity index (χ2v) is 8.90. The Morgan fingerprint density at radius 3 is 1.55 bits per heavy atom. The lowest BCUT2D eigenvalue weighted by molar-refractivity contribution is -0.120. The van der Waals surface area contributed by atoms with Crippen molar-refractivity contribution in [2.45, 2.75) is 0 Å². The highest BCUT2D eigenvalue weighted by molar-refractivity contribution is 5.95. The standard InChI is InChI=1S/2C14H22N4O/c2*1-16-7-9-18(10-8-16)11-14(19)17(2)13-5-3-12(15)4-6-13/h2*3-6H,7-11,15H2,1-2H3/i1D3,2D3,11D2;1D3,2D3. The molecule has 2 fully saturated rings. The molecule has 2 aromatic rings. The number of rotatable bonds is 6. The summed E-state index contributed by atoms with van der Waals surface area (Å²) in [4.78, 5) is 32.2. The van der Waals surface area contributed by atoms with Crippen LogP contribution in [-0.2, 0) is 9.59 Å². The summed E-state index contributed by atoms with van der Waals surface area (Å²) < 4.78 is 107. The summed E-state index contributed by atoms with van der Waals surface area (Å²) in [5.41, 5.74) is 12.3. The quantitative estimate of drug-likeness (QED) is 0.524. The number of likely N-dealkylation sites (N-methyl/N-ethyl adjacent to an activating group) is 4. The van der Waals surface area contributed by atoms with Crippen LogP contribution in [-0.4, -0.2) is 125 Å². The van der Waals surface area contributed by atoms with E-state index in [2.05, 4.69) is 0 Å². The lowest BCUT2D eigenvalue weighted by atomic mass is 10.2. The number of piperazine rings is 2. The molecule has 2 aliphatic rings. The minimum absolute atomic E-state index is 0.000738. The van der Waals surface area contributed by atoms with E-state index >= 15 is 0 Å². The summed E-state index contributed by atoms with van der Waals surface area (Å²) >= 11 is 0. The lowest BCUT2D eigenvalue weighted by Crippen LogP contribution is -2.48. The summed E-state index contributed by atoms with van der Waals surface area (Å²) in [6.45, 7) is -11.2. The number of benzene rings is 2. The van der Waals surface area contributed by atoms with Crippen LogP contribution in [0.25, 0.3) is 0 Å². The molecule has 10 heteroatoms. The Kier molecular flexibility index (Phi) is 5.72. The average molecular weight is 539 g/mol. The van der Waals surface area contributed by atoms with E-state index in [1.54, 1.807) is 4.90 Å². The van der Waals surface area contributed by atoms with Crippen LogP contribution in [0.5, 0.6) is 0 Å². The molecule has 208 valence electrons. The number of hydrogen-bond donors (Lipinski definition) is 2. The van der Waals surface area contributed by atoms with Gasteiger partial charge in [-0.3, -0.25) is 19.4 Å². The molecule has 0 unspecified atom stereocenters. The van der Waals surface area contributed by atoms with E-state index in [0.717, 1.165) is 9.80 Å². The maximum atomic E-state index is 12.9. The van der Waals surface area contributed by atoms with Crippen LogP contribution >= 0.6 is 0 Å². The normalized spacial score (nSPS) is 24.5. The van der Waals surface area contributed by atoms with Crippen LogP contribution in [0.15, 0.2) is 48.5 Å². The number of nitrogen functional groups attached to an aromatic ring is 2. The Bertz CT molecular complexity index is 1480. The predicted octanol–water partition coefficient (Wildman–Crippen LogP) is 0.958.